The number of imide groups is 1. The molecular weight excluding hydrogens is 368 g/mol. The van der Waals surface area contributed by atoms with E-state index in [4.69, 9.17) is 0 Å². The van der Waals surface area contributed by atoms with Crippen molar-refractivity contribution in [1.29, 1.82) is 0 Å². The zero-order valence-electron chi connectivity index (χ0n) is 17.8. The molecule has 1 spiro atoms. The standard InChI is InChI=1S/C22H36N4O3/c1-16-6-10-22(11-7-16)20(28)26(21(29)24-22)15-19(27)23-18-8-12-25(13-9-18)14-17-4-2-3-5-17/h16-18H,2-15H2,1H3,(H,23,27)(H,24,29). The van der Waals surface area contributed by atoms with Gasteiger partial charge in [0.25, 0.3) is 5.91 Å². The highest BCUT2D eigenvalue weighted by atomic mass is 16.2. The summed E-state index contributed by atoms with van der Waals surface area (Å²) in [5, 5.41) is 5.95. The molecule has 7 heteroatoms. The second-order valence-corrected chi connectivity index (χ2v) is 9.88. The van der Waals surface area contributed by atoms with Gasteiger partial charge in [-0.15, -0.1) is 0 Å². The molecule has 4 fully saturated rings. The molecule has 2 aliphatic carbocycles. The van der Waals surface area contributed by atoms with Crippen molar-refractivity contribution in [3.05, 3.63) is 0 Å². The van der Waals surface area contributed by atoms with Crippen LogP contribution in [0.1, 0.15) is 71.1 Å². The monoisotopic (exact) mass is 404 g/mol. The third-order valence-electron chi connectivity index (χ3n) is 7.62. The van der Waals surface area contributed by atoms with Crippen molar-refractivity contribution >= 4 is 17.8 Å². The number of amides is 4. The Bertz CT molecular complexity index is 630. The third kappa shape index (κ3) is 4.60. The number of likely N-dealkylation sites (tertiary alicyclic amines) is 1. The fraction of sp³-hybridized carbons (Fsp3) is 0.864. The lowest BCUT2D eigenvalue weighted by Gasteiger charge is -2.34. The SMILES string of the molecule is CC1CCC2(CC1)NC(=O)N(CC(=O)NC1CCN(CC3CCCC3)CC1)C2=O. The smallest absolute Gasteiger partial charge is 0.325 e. The molecule has 2 saturated carbocycles. The molecule has 7 nitrogen and oxygen atoms in total. The quantitative estimate of drug-likeness (QED) is 0.689. The van der Waals surface area contributed by atoms with Gasteiger partial charge >= 0.3 is 6.03 Å². The number of rotatable bonds is 5. The van der Waals surface area contributed by atoms with Crippen LogP contribution in [0, 0.1) is 11.8 Å². The van der Waals surface area contributed by atoms with Crippen molar-refractivity contribution in [1.82, 2.24) is 20.4 Å². The molecule has 0 aromatic heterocycles. The lowest BCUT2D eigenvalue weighted by molar-refractivity contribution is -0.136. The number of piperidine rings is 1. The summed E-state index contributed by atoms with van der Waals surface area (Å²) in [6.45, 7) is 5.25. The fourth-order valence-electron chi connectivity index (χ4n) is 5.65. The van der Waals surface area contributed by atoms with Crippen LogP contribution >= 0.6 is 0 Å². The maximum atomic E-state index is 12.9. The molecule has 4 aliphatic rings. The summed E-state index contributed by atoms with van der Waals surface area (Å²) in [5.41, 5.74) is -0.768. The largest absolute Gasteiger partial charge is 0.352 e. The van der Waals surface area contributed by atoms with Crippen LogP contribution in [0.2, 0.25) is 0 Å². The Morgan fingerprint density at radius 1 is 1.07 bits per heavy atom. The van der Waals surface area contributed by atoms with E-state index in [1.54, 1.807) is 0 Å². The van der Waals surface area contributed by atoms with Crippen LogP contribution in [0.5, 0.6) is 0 Å². The van der Waals surface area contributed by atoms with Crippen molar-refractivity contribution in [2.75, 3.05) is 26.2 Å². The predicted molar refractivity (Wildman–Crippen MR) is 110 cm³/mol. The van der Waals surface area contributed by atoms with Gasteiger partial charge in [0.2, 0.25) is 5.91 Å². The lowest BCUT2D eigenvalue weighted by Crippen LogP contribution is -2.51. The molecule has 2 aliphatic heterocycles. The topological polar surface area (TPSA) is 81.8 Å². The molecule has 0 unspecified atom stereocenters. The number of hydrogen-bond donors (Lipinski definition) is 2. The van der Waals surface area contributed by atoms with Gasteiger partial charge in [-0.05, 0) is 63.2 Å². The average molecular weight is 405 g/mol. The zero-order chi connectivity index (χ0) is 20.4. The lowest BCUT2D eigenvalue weighted by atomic mass is 9.77. The van der Waals surface area contributed by atoms with Crippen LogP contribution in [0.4, 0.5) is 4.79 Å². The number of urea groups is 1. The van der Waals surface area contributed by atoms with Gasteiger partial charge in [-0.1, -0.05) is 19.8 Å². The Morgan fingerprint density at radius 2 is 1.72 bits per heavy atom. The summed E-state index contributed by atoms with van der Waals surface area (Å²) in [7, 11) is 0. The highest BCUT2D eigenvalue weighted by Gasteiger charge is 2.52. The van der Waals surface area contributed by atoms with Gasteiger partial charge in [0.15, 0.2) is 0 Å². The normalized spacial score (nSPS) is 32.2. The molecule has 0 radical (unpaired) electrons. The molecule has 2 N–H and O–H groups in total. The fourth-order valence-corrected chi connectivity index (χ4v) is 5.65. The Morgan fingerprint density at radius 3 is 2.38 bits per heavy atom. The number of hydrogen-bond acceptors (Lipinski definition) is 4. The van der Waals surface area contributed by atoms with Gasteiger partial charge in [0, 0.05) is 25.7 Å². The van der Waals surface area contributed by atoms with Crippen LogP contribution in [-0.2, 0) is 9.59 Å². The van der Waals surface area contributed by atoms with E-state index < -0.39 is 11.6 Å². The summed E-state index contributed by atoms with van der Waals surface area (Å²) >= 11 is 0. The van der Waals surface area contributed by atoms with Gasteiger partial charge in [0.05, 0.1) is 0 Å². The minimum atomic E-state index is -0.768. The van der Waals surface area contributed by atoms with E-state index in [0.717, 1.165) is 49.6 Å². The van der Waals surface area contributed by atoms with Crippen molar-refractivity contribution in [3.8, 4) is 0 Å². The van der Waals surface area contributed by atoms with E-state index in [-0.39, 0.29) is 24.4 Å². The van der Waals surface area contributed by atoms with Crippen LogP contribution in [0.15, 0.2) is 0 Å². The third-order valence-corrected chi connectivity index (χ3v) is 7.62. The van der Waals surface area contributed by atoms with Gasteiger partial charge < -0.3 is 15.5 Å². The van der Waals surface area contributed by atoms with E-state index in [0.29, 0.717) is 18.8 Å². The first-order valence-electron chi connectivity index (χ1n) is 11.6. The molecule has 162 valence electrons. The van der Waals surface area contributed by atoms with Crippen LogP contribution < -0.4 is 10.6 Å². The Hall–Kier alpha value is -1.63. The number of nitrogens with zero attached hydrogens (tertiary/aromatic N) is 2. The average Bonchev–Trinajstić information content (AvgIpc) is 3.29. The Balaban J connectivity index is 1.23. The summed E-state index contributed by atoms with van der Waals surface area (Å²) in [6, 6.07) is -0.265. The second-order valence-electron chi connectivity index (χ2n) is 9.88. The van der Waals surface area contributed by atoms with Crippen molar-refractivity contribution < 1.29 is 14.4 Å². The Labute approximate surface area is 173 Å². The molecule has 0 bridgehead atoms. The molecular formula is C22H36N4O3. The minimum absolute atomic E-state index is 0.146. The van der Waals surface area contributed by atoms with Gasteiger partial charge in [-0.2, -0.15) is 0 Å². The minimum Gasteiger partial charge on any atom is -0.352 e. The first-order valence-corrected chi connectivity index (χ1v) is 11.6. The number of nitrogens with one attached hydrogen (secondary N) is 2. The van der Waals surface area contributed by atoms with Crippen LogP contribution in [0.25, 0.3) is 0 Å². The molecule has 0 aromatic rings. The predicted octanol–water partition coefficient (Wildman–Crippen LogP) is 2.26. The van der Waals surface area contributed by atoms with Gasteiger partial charge in [0.1, 0.15) is 12.1 Å². The van der Waals surface area contributed by atoms with E-state index in [1.807, 2.05) is 0 Å². The molecule has 0 atom stereocenters. The van der Waals surface area contributed by atoms with Gasteiger partial charge in [-0.3, -0.25) is 14.5 Å². The van der Waals surface area contributed by atoms with Crippen molar-refractivity contribution in [3.63, 3.8) is 0 Å². The highest BCUT2D eigenvalue weighted by molar-refractivity contribution is 6.09. The van der Waals surface area contributed by atoms with E-state index in [9.17, 15) is 14.4 Å². The van der Waals surface area contributed by atoms with Crippen LogP contribution in [0.3, 0.4) is 0 Å². The molecule has 4 amide bonds. The molecule has 2 saturated heterocycles. The number of carbonyl (C=O) groups is 3. The summed E-state index contributed by atoms with van der Waals surface area (Å²) in [6.07, 6.45) is 10.6. The summed E-state index contributed by atoms with van der Waals surface area (Å²) in [4.78, 5) is 41.5. The van der Waals surface area contributed by atoms with Crippen molar-refractivity contribution in [2.24, 2.45) is 11.8 Å². The number of carbonyl (C=O) groups excluding carboxylic acids is 3. The summed E-state index contributed by atoms with van der Waals surface area (Å²) in [5.74, 6) is 1.01. The van der Waals surface area contributed by atoms with Crippen molar-refractivity contribution in [2.45, 2.75) is 82.7 Å². The maximum Gasteiger partial charge on any atom is 0.325 e. The highest BCUT2D eigenvalue weighted by Crippen LogP contribution is 2.36. The second kappa shape index (κ2) is 8.62. The Kier molecular flexibility index (Phi) is 6.13. The summed E-state index contributed by atoms with van der Waals surface area (Å²) < 4.78 is 0. The first-order chi connectivity index (χ1) is 13.9. The molecule has 2 heterocycles. The van der Waals surface area contributed by atoms with Crippen LogP contribution in [-0.4, -0.2) is 65.4 Å². The zero-order valence-corrected chi connectivity index (χ0v) is 17.8. The van der Waals surface area contributed by atoms with E-state index in [2.05, 4.69) is 22.5 Å². The maximum absolute atomic E-state index is 12.9. The molecule has 4 rings (SSSR count). The first kappa shape index (κ1) is 20.6. The van der Waals surface area contributed by atoms with E-state index >= 15 is 0 Å². The molecule has 0 aromatic carbocycles. The molecule has 29 heavy (non-hydrogen) atoms. The van der Waals surface area contributed by atoms with E-state index in [1.165, 1.54) is 32.2 Å². The van der Waals surface area contributed by atoms with Gasteiger partial charge in [-0.25, -0.2) is 4.79 Å².